The van der Waals surface area contributed by atoms with Gasteiger partial charge in [-0.05, 0) is 44.1 Å². The molecule has 2 aromatic rings. The third-order valence-electron chi connectivity index (χ3n) is 9.77. The number of nitrogens with zero attached hydrogens (tertiary/aromatic N) is 9. The van der Waals surface area contributed by atoms with E-state index in [1.54, 1.807) is 0 Å². The Kier molecular flexibility index (Phi) is 56.6. The summed E-state index contributed by atoms with van der Waals surface area (Å²) in [7, 11) is 1.42. The number of nitro benzene ring substituents is 6. The van der Waals surface area contributed by atoms with Gasteiger partial charge in [-0.25, -0.2) is 0 Å². The zero-order valence-corrected chi connectivity index (χ0v) is 51.0. The van der Waals surface area contributed by atoms with Gasteiger partial charge in [-0.1, -0.05) is 5.11 Å². The van der Waals surface area contributed by atoms with Crippen molar-refractivity contribution >= 4 is 69.3 Å². The number of hydrogen-bond donors (Lipinski definition) is 10. The van der Waals surface area contributed by atoms with E-state index >= 15 is 0 Å². The molecule has 518 valence electrons. The number of nitrogens with one attached hydrogen (secondary N) is 2. The van der Waals surface area contributed by atoms with E-state index in [0.717, 1.165) is 32.0 Å². The van der Waals surface area contributed by atoms with E-state index in [1.807, 2.05) is 0 Å². The van der Waals surface area contributed by atoms with Gasteiger partial charge in [0.25, 0.3) is 22.7 Å². The Morgan fingerprint density at radius 2 is 0.844 bits per heavy atom. The van der Waals surface area contributed by atoms with Crippen molar-refractivity contribution in [1.82, 2.24) is 0 Å². The molecule has 0 aromatic heterocycles. The Balaban J connectivity index is -0.000000271. The van der Waals surface area contributed by atoms with Crippen LogP contribution in [0.1, 0.15) is 42.9 Å². The first kappa shape index (κ1) is 85.2. The quantitative estimate of drug-likeness (QED) is 0.00660. The van der Waals surface area contributed by atoms with Crippen molar-refractivity contribution in [2.75, 3.05) is 145 Å². The first-order valence-electron chi connectivity index (χ1n) is 27.6. The molecule has 0 aliphatic heterocycles. The number of thiol groups is 1. The van der Waals surface area contributed by atoms with Crippen LogP contribution in [0.4, 0.5) is 39.8 Å². The fraction of sp³-hybridized carbons (Fsp3) is 0.733. The summed E-state index contributed by atoms with van der Waals surface area (Å²) in [6.45, 7) is 4.60. The molecule has 0 saturated carbocycles. The second-order valence-corrected chi connectivity index (χ2v) is 18.0. The number of ether oxygens (including phenoxy) is 9. The second kappa shape index (κ2) is 59.7. The summed E-state index contributed by atoms with van der Waals surface area (Å²) in [5, 5.41) is 129. The molecule has 45 heteroatoms. The van der Waals surface area contributed by atoms with E-state index in [2.05, 4.69) is 33.1 Å². The van der Waals surface area contributed by atoms with E-state index in [1.165, 1.54) is 21.3 Å². The van der Waals surface area contributed by atoms with E-state index < -0.39 is 117 Å². The molecule has 0 amide bonds. The number of nitro groups is 6. The summed E-state index contributed by atoms with van der Waals surface area (Å²) in [6, 6.07) is 3.19. The average Bonchev–Trinajstić information content (AvgIpc) is 0.816. The van der Waals surface area contributed by atoms with Crippen LogP contribution in [0, 0.1) is 66.0 Å². The molecule has 2 aromatic carbocycles. The van der Waals surface area contributed by atoms with Crippen LogP contribution in [0.5, 0.6) is 0 Å². The van der Waals surface area contributed by atoms with Crippen LogP contribution in [0.15, 0.2) is 35.4 Å². The molecule has 42 nitrogen and oxygen atoms in total. The fourth-order valence-electron chi connectivity index (χ4n) is 5.86. The molecule has 2 rings (SSSR count). The van der Waals surface area contributed by atoms with Crippen LogP contribution >= 0.6 is 12.5 Å². The summed E-state index contributed by atoms with van der Waals surface area (Å²) >= 11 is 3.44. The van der Waals surface area contributed by atoms with Crippen molar-refractivity contribution in [3.05, 3.63) is 101 Å². The van der Waals surface area contributed by atoms with Crippen molar-refractivity contribution in [3.8, 4) is 0 Å². The molecule has 0 aliphatic carbocycles. The molecular weight excluding hydrogens is 1260 g/mol. The normalized spacial score (nSPS) is 12.6. The number of azide groups is 1. The van der Waals surface area contributed by atoms with Crippen molar-refractivity contribution in [1.29, 1.82) is 5.31 Å². The minimum atomic E-state index is -3.11. The number of nitrogens with two attached hydrogens (primary N) is 1. The van der Waals surface area contributed by atoms with Gasteiger partial charge in [-0.3, -0.25) is 60.7 Å². The summed E-state index contributed by atoms with van der Waals surface area (Å²) < 4.78 is 87.0. The third-order valence-corrected chi connectivity index (χ3v) is 9.77. The Bertz CT molecular complexity index is 2420. The third kappa shape index (κ3) is 54.1. The van der Waals surface area contributed by atoms with Crippen LogP contribution < -0.4 is 11.1 Å². The SMILES string of the molecule is COCC(O)COCCCCOCC(O)CN.COCC(O)COCCCCOCC(O)CN=[N+]=[N-].COCC(O)COCCCCOCC(O)CNc1c([N+](=O)[O-])cc([N+](=O)[O-])cc1[N+](=O)[O-].O=S(=O)=O.O=[N+]([O-])c1cc([N+](=O)[O-])cc([N+](=O)[O-])c1.[2H][3H].[3HH].[3H]N=BS. The van der Waals surface area contributed by atoms with E-state index in [-0.39, 0.29) is 67.3 Å². The van der Waals surface area contributed by atoms with Crippen LogP contribution in [0.3, 0.4) is 0 Å². The summed E-state index contributed by atoms with van der Waals surface area (Å²) in [5.74, 6) is 0. The van der Waals surface area contributed by atoms with E-state index in [9.17, 15) is 86.2 Å². The molecule has 0 heterocycles. The zero-order valence-electron chi connectivity index (χ0n) is 52.3. The zero-order chi connectivity index (χ0) is 72.0. The van der Waals surface area contributed by atoms with Crippen molar-refractivity contribution in [3.63, 3.8) is 0 Å². The maximum atomic E-state index is 11.2. The molecule has 0 bridgehead atoms. The number of rotatable bonds is 45. The van der Waals surface area contributed by atoms with Gasteiger partial charge in [-0.2, -0.15) is 0 Å². The van der Waals surface area contributed by atoms with Crippen molar-refractivity contribution in [2.45, 2.75) is 75.1 Å². The maximum absolute atomic E-state index is 11.2. The summed E-state index contributed by atoms with van der Waals surface area (Å²) in [5.41, 5.74) is 8.17. The van der Waals surface area contributed by atoms with Gasteiger partial charge < -0.3 is 84.3 Å². The number of anilines is 1. The number of non-ortho nitro benzene ring substituents is 4. The van der Waals surface area contributed by atoms with Crippen LogP contribution in [-0.4, -0.2) is 256 Å². The Labute approximate surface area is 527 Å². The predicted molar refractivity (Wildman–Crippen MR) is 320 cm³/mol. The van der Waals surface area contributed by atoms with Crippen LogP contribution in [0.2, 0.25) is 1.41 Å². The standard InChI is InChI=1S/C17H26N4O11.C11H23N3O5.C11H25NO5.C6H3N3O6.BH2NS.O3S.2H2/c1-30-9-14(23)11-32-5-3-2-4-31-10-13(22)8-18-17-15(20(26)27)6-12(19(24)25)7-16(17)21(28)29;1-17-7-11(16)9-19-5-3-2-4-18-8-10(15)6-13-14-12;1-15-7-11(14)9-17-5-3-2-4-16-8-10(13)6-12;10-7(11)4-1-5(8(12)13)3-6(2-4)9(14)15;2-1-3;1-4(2)3;;/h6-7,13-14,18,22-23H,2-5,8-11H2,1H3;10-11,15-16H,2-9H2,1H3;10-11,13-14H,2-9,12H2,1H3;1-3H;2-3H;;2*1H/i;;;;2T;;1+2D;1+2. The molecule has 0 spiro atoms. The Morgan fingerprint density at radius 3 is 1.09 bits per heavy atom. The molecule has 10 N–H and O–H groups in total. The number of unbranched alkanes of at least 4 members (excludes halogenated alkanes) is 3. The number of aliphatic hydroxyl groups excluding tert-OH is 6. The van der Waals surface area contributed by atoms with Crippen LogP contribution in [-0.2, 0) is 53.2 Å². The number of aliphatic hydroxyl groups is 6. The molecule has 0 fully saturated rings. The van der Waals surface area contributed by atoms with E-state index in [4.69, 9.17) is 76.0 Å². The Morgan fingerprint density at radius 1 is 0.578 bits per heavy atom. The molecule has 0 aliphatic rings. The van der Waals surface area contributed by atoms with Gasteiger partial charge in [0.05, 0.1) is 144 Å². The molecule has 90 heavy (non-hydrogen) atoms. The number of hydrogen-bond acceptors (Lipinski definition) is 34. The van der Waals surface area contributed by atoms with E-state index in [0.29, 0.717) is 96.0 Å². The molecule has 0 radical (unpaired) electrons. The average molecular weight is 1350 g/mol. The first-order chi connectivity index (χ1) is 44.1. The summed E-state index contributed by atoms with van der Waals surface area (Å²) in [6.07, 6.45) is 1.39. The predicted octanol–water partition coefficient (Wildman–Crippen LogP) is 1.81. The van der Waals surface area contributed by atoms with Crippen molar-refractivity contribution < 1.29 is 121 Å². The second-order valence-electron chi connectivity index (χ2n) is 17.3. The summed E-state index contributed by atoms with van der Waals surface area (Å²) in [4.78, 5) is 61.0. The number of methoxy groups -OCH3 is 3. The first-order valence-corrected chi connectivity index (χ1v) is 27.7. The van der Waals surface area contributed by atoms with Gasteiger partial charge in [-0.15, -0.1) is 12.6 Å². The van der Waals surface area contributed by atoms with Gasteiger partial charge in [0.2, 0.25) is 0 Å². The van der Waals surface area contributed by atoms with Crippen molar-refractivity contribution in [2.24, 2.45) is 10.8 Å². The molecule has 6 atom stereocenters. The van der Waals surface area contributed by atoms with Crippen LogP contribution in [0.25, 0.3) is 10.4 Å². The fourth-order valence-corrected chi connectivity index (χ4v) is 5.86. The van der Waals surface area contributed by atoms with Gasteiger partial charge in [0.15, 0.2) is 5.69 Å². The van der Waals surface area contributed by atoms with Gasteiger partial charge >= 0.3 is 47.5 Å². The topological polar surface area (TPSA) is 625 Å². The minimum absolute atomic E-state index is 0. The molecule has 0 saturated heterocycles. The van der Waals surface area contributed by atoms with Gasteiger partial charge in [0, 0.05) is 83.4 Å². The molecule has 6 unspecified atom stereocenters. The monoisotopic (exact) mass is 1350 g/mol. The molecular formula is C45H83BN12O30S2. The Hall–Kier alpha value is -6.86. The number of benzene rings is 2. The van der Waals surface area contributed by atoms with Gasteiger partial charge in [0.1, 0.15) is 18.3 Å².